The molecule has 2 bridgehead atoms. The molecule has 1 saturated carbocycles. The normalized spacial score (nSPS) is 27.9. The van der Waals surface area contributed by atoms with Crippen molar-refractivity contribution in [1.82, 2.24) is 4.98 Å². The molecule has 1 aromatic carbocycles. The number of fused-ring (bicyclic) bond motifs is 3. The fourth-order valence-electron chi connectivity index (χ4n) is 6.19. The van der Waals surface area contributed by atoms with Crippen molar-refractivity contribution in [3.05, 3.63) is 45.2 Å². The number of benzene rings is 1. The summed E-state index contributed by atoms with van der Waals surface area (Å²) in [6.45, 7) is 13.1. The minimum atomic E-state index is -0.384. The van der Waals surface area contributed by atoms with E-state index in [1.54, 1.807) is 25.1 Å². The zero-order valence-electron chi connectivity index (χ0n) is 18.3. The molecule has 0 radical (unpaired) electrons. The number of aryl methyl sites for hydroxylation is 1. The smallest absolute Gasteiger partial charge is 0.338 e. The summed E-state index contributed by atoms with van der Waals surface area (Å²) in [5, 5.41) is 0.573. The molecule has 0 amide bonds. The summed E-state index contributed by atoms with van der Waals surface area (Å²) < 4.78 is 5.10. The molecule has 1 aromatic heterocycles. The van der Waals surface area contributed by atoms with E-state index in [0.29, 0.717) is 34.4 Å². The van der Waals surface area contributed by atoms with E-state index in [2.05, 4.69) is 25.8 Å². The summed E-state index contributed by atoms with van der Waals surface area (Å²) in [5.41, 5.74) is 3.77. The van der Waals surface area contributed by atoms with Crippen molar-refractivity contribution in [2.75, 3.05) is 13.2 Å². The summed E-state index contributed by atoms with van der Waals surface area (Å²) in [5.74, 6) is -0.384. The van der Waals surface area contributed by atoms with Crippen molar-refractivity contribution in [3.8, 4) is 0 Å². The lowest BCUT2D eigenvalue weighted by Gasteiger charge is -2.37. The van der Waals surface area contributed by atoms with Crippen LogP contribution in [-0.4, -0.2) is 30.1 Å². The first kappa shape index (κ1) is 20.1. The third-order valence-corrected chi connectivity index (χ3v) is 6.90. The van der Waals surface area contributed by atoms with E-state index in [1.165, 1.54) is 24.2 Å². The molecular weight excluding hydrogens is 364 g/mol. The van der Waals surface area contributed by atoms with Gasteiger partial charge in [-0.3, -0.25) is 4.79 Å². The lowest BCUT2D eigenvalue weighted by molar-refractivity contribution is -0.928. The van der Waals surface area contributed by atoms with Crippen LogP contribution in [0.3, 0.4) is 0 Å². The van der Waals surface area contributed by atoms with Crippen LogP contribution in [0.5, 0.6) is 0 Å². The SMILES string of the molecule is CCOC(=O)c1ccc2[nH]c(C)c(C[NH+]3CC4(C)CC3CC(C)(C)C4)c(=O)c2c1. The summed E-state index contributed by atoms with van der Waals surface area (Å²) in [6, 6.07) is 5.81. The summed E-state index contributed by atoms with van der Waals surface area (Å²) in [6.07, 6.45) is 3.73. The zero-order chi connectivity index (χ0) is 21.0. The van der Waals surface area contributed by atoms with Crippen molar-refractivity contribution in [3.63, 3.8) is 0 Å². The van der Waals surface area contributed by atoms with Crippen LogP contribution in [-0.2, 0) is 11.3 Å². The maximum atomic E-state index is 13.4. The Morgan fingerprint density at radius 2 is 2.03 bits per heavy atom. The van der Waals surface area contributed by atoms with Gasteiger partial charge in [0.05, 0.1) is 30.3 Å². The predicted molar refractivity (Wildman–Crippen MR) is 114 cm³/mol. The number of rotatable bonds is 4. The second-order valence-corrected chi connectivity index (χ2v) is 10.3. The first-order valence-corrected chi connectivity index (χ1v) is 10.8. The highest BCUT2D eigenvalue weighted by Crippen LogP contribution is 2.47. The highest BCUT2D eigenvalue weighted by Gasteiger charge is 2.52. The van der Waals surface area contributed by atoms with Crippen LogP contribution in [0.25, 0.3) is 10.9 Å². The molecule has 2 fully saturated rings. The van der Waals surface area contributed by atoms with Crippen LogP contribution < -0.4 is 10.3 Å². The topological polar surface area (TPSA) is 63.6 Å². The van der Waals surface area contributed by atoms with Gasteiger partial charge in [0.25, 0.3) is 0 Å². The Balaban J connectivity index is 1.69. The molecule has 5 heteroatoms. The number of H-pyrrole nitrogens is 1. The van der Waals surface area contributed by atoms with Gasteiger partial charge < -0.3 is 14.6 Å². The van der Waals surface area contributed by atoms with Gasteiger partial charge in [-0.15, -0.1) is 0 Å². The third-order valence-electron chi connectivity index (χ3n) is 6.90. The molecule has 4 rings (SSSR count). The van der Waals surface area contributed by atoms with Crippen molar-refractivity contribution in [2.45, 2.75) is 66.5 Å². The number of likely N-dealkylation sites (tertiary alicyclic amines) is 1. The standard InChI is InChI=1S/C24H32N2O3/c1-6-29-22(28)16-7-8-20-18(9-16)21(27)19(15(2)25-20)12-26-14-24(5)11-17(26)10-23(3,4)13-24/h7-9,17H,6,10-14H2,1-5H3,(H,25,27)/p+1. The first-order chi connectivity index (χ1) is 13.6. The van der Waals surface area contributed by atoms with Crippen molar-refractivity contribution in [1.29, 1.82) is 0 Å². The predicted octanol–water partition coefficient (Wildman–Crippen LogP) is 3.00. The summed E-state index contributed by atoms with van der Waals surface area (Å²) in [4.78, 5) is 30.4. The number of carbonyl (C=O) groups is 1. The lowest BCUT2D eigenvalue weighted by atomic mass is 9.65. The van der Waals surface area contributed by atoms with Crippen LogP contribution in [0.2, 0.25) is 0 Å². The maximum Gasteiger partial charge on any atom is 0.338 e. The molecule has 3 unspecified atom stereocenters. The molecule has 0 spiro atoms. The Morgan fingerprint density at radius 3 is 2.76 bits per heavy atom. The molecule has 1 aliphatic carbocycles. The number of hydrogen-bond donors (Lipinski definition) is 2. The molecular formula is C24H33N2O3+. The van der Waals surface area contributed by atoms with Crippen LogP contribution >= 0.6 is 0 Å². The minimum absolute atomic E-state index is 0.0424. The minimum Gasteiger partial charge on any atom is -0.462 e. The van der Waals surface area contributed by atoms with E-state index in [4.69, 9.17) is 4.74 Å². The van der Waals surface area contributed by atoms with Gasteiger partial charge in [-0.1, -0.05) is 20.8 Å². The molecule has 3 atom stereocenters. The second-order valence-electron chi connectivity index (χ2n) is 10.3. The van der Waals surface area contributed by atoms with Gasteiger partial charge in [0.15, 0.2) is 5.43 Å². The number of nitrogens with one attached hydrogen (secondary N) is 2. The van der Waals surface area contributed by atoms with E-state index in [9.17, 15) is 9.59 Å². The van der Waals surface area contributed by atoms with Gasteiger partial charge in [0.2, 0.25) is 0 Å². The molecule has 29 heavy (non-hydrogen) atoms. The number of esters is 1. The maximum absolute atomic E-state index is 13.4. The van der Waals surface area contributed by atoms with E-state index >= 15 is 0 Å². The zero-order valence-corrected chi connectivity index (χ0v) is 18.3. The van der Waals surface area contributed by atoms with Gasteiger partial charge in [-0.05, 0) is 43.9 Å². The largest absolute Gasteiger partial charge is 0.462 e. The lowest BCUT2D eigenvalue weighted by Crippen LogP contribution is -3.12. The van der Waals surface area contributed by atoms with Crippen molar-refractivity contribution in [2.24, 2.45) is 10.8 Å². The van der Waals surface area contributed by atoms with E-state index in [1.807, 2.05) is 6.92 Å². The Kier molecular flexibility index (Phi) is 4.85. The molecule has 2 N–H and O–H groups in total. The highest BCUT2D eigenvalue weighted by molar-refractivity contribution is 5.94. The molecule has 2 aliphatic rings. The summed E-state index contributed by atoms with van der Waals surface area (Å²) in [7, 11) is 0. The number of aromatic nitrogens is 1. The average molecular weight is 398 g/mol. The first-order valence-electron chi connectivity index (χ1n) is 10.8. The van der Waals surface area contributed by atoms with Crippen molar-refractivity contribution >= 4 is 16.9 Å². The van der Waals surface area contributed by atoms with E-state index in [-0.39, 0.29) is 11.4 Å². The number of quaternary nitrogens is 1. The van der Waals surface area contributed by atoms with Crippen LogP contribution in [0.4, 0.5) is 0 Å². The third kappa shape index (κ3) is 3.73. The number of carbonyl (C=O) groups excluding carboxylic acids is 1. The molecule has 1 saturated heterocycles. The molecule has 156 valence electrons. The fraction of sp³-hybridized carbons (Fsp3) is 0.583. The number of aromatic amines is 1. The molecule has 2 heterocycles. The van der Waals surface area contributed by atoms with Gasteiger partial charge in [-0.25, -0.2) is 4.79 Å². The van der Waals surface area contributed by atoms with Gasteiger partial charge in [0, 0.05) is 34.9 Å². The monoisotopic (exact) mass is 397 g/mol. The van der Waals surface area contributed by atoms with Gasteiger partial charge in [0.1, 0.15) is 6.54 Å². The fourth-order valence-corrected chi connectivity index (χ4v) is 6.19. The van der Waals surface area contributed by atoms with Crippen molar-refractivity contribution < 1.29 is 14.4 Å². The number of pyridine rings is 1. The molecule has 2 aromatic rings. The van der Waals surface area contributed by atoms with Crippen LogP contribution in [0.1, 0.15) is 68.6 Å². The van der Waals surface area contributed by atoms with Crippen LogP contribution in [0, 0.1) is 17.8 Å². The Morgan fingerprint density at radius 1 is 1.28 bits per heavy atom. The van der Waals surface area contributed by atoms with Gasteiger partial charge >= 0.3 is 5.97 Å². The van der Waals surface area contributed by atoms with E-state index < -0.39 is 0 Å². The Labute approximate surface area is 172 Å². The van der Waals surface area contributed by atoms with Gasteiger partial charge in [-0.2, -0.15) is 0 Å². The Hall–Kier alpha value is -2.14. The highest BCUT2D eigenvalue weighted by atomic mass is 16.5. The second kappa shape index (κ2) is 6.98. The summed E-state index contributed by atoms with van der Waals surface area (Å²) >= 11 is 0. The molecule has 1 aliphatic heterocycles. The average Bonchev–Trinajstić information content (AvgIpc) is 2.86. The van der Waals surface area contributed by atoms with Crippen LogP contribution in [0.15, 0.2) is 23.0 Å². The Bertz CT molecular complexity index is 1020. The number of hydrogen-bond acceptors (Lipinski definition) is 3. The molecule has 5 nitrogen and oxygen atoms in total. The number of ether oxygens (including phenoxy) is 1. The van der Waals surface area contributed by atoms with E-state index in [0.717, 1.165) is 29.9 Å². The quantitative estimate of drug-likeness (QED) is 0.780.